The molecule has 0 bridgehead atoms. The van der Waals surface area contributed by atoms with Crippen LogP contribution < -0.4 is 10.1 Å². The first-order valence-corrected chi connectivity index (χ1v) is 8.64. The predicted octanol–water partition coefficient (Wildman–Crippen LogP) is 3.60. The van der Waals surface area contributed by atoms with E-state index in [0.29, 0.717) is 13.0 Å². The Morgan fingerprint density at radius 3 is 2.78 bits per heavy atom. The maximum Gasteiger partial charge on any atom is 0.216 e. The third-order valence-electron chi connectivity index (χ3n) is 4.68. The first-order chi connectivity index (χ1) is 11.0. The molecule has 4 nitrogen and oxygen atoms in total. The van der Waals surface area contributed by atoms with Gasteiger partial charge in [-0.2, -0.15) is 0 Å². The van der Waals surface area contributed by atoms with Crippen LogP contribution in [-0.2, 0) is 4.79 Å². The number of hydrogen-bond donors (Lipinski definition) is 2. The lowest BCUT2D eigenvalue weighted by atomic mass is 9.76. The van der Waals surface area contributed by atoms with Crippen molar-refractivity contribution in [2.24, 2.45) is 5.41 Å². The molecule has 0 spiro atoms. The van der Waals surface area contributed by atoms with Gasteiger partial charge in [-0.1, -0.05) is 38.3 Å². The Kier molecular flexibility index (Phi) is 6.46. The quantitative estimate of drug-likeness (QED) is 0.807. The number of benzene rings is 1. The second kappa shape index (κ2) is 8.34. The van der Waals surface area contributed by atoms with E-state index < -0.39 is 6.10 Å². The summed E-state index contributed by atoms with van der Waals surface area (Å²) in [6.07, 6.45) is 6.30. The van der Waals surface area contributed by atoms with E-state index in [-0.39, 0.29) is 11.3 Å². The summed E-state index contributed by atoms with van der Waals surface area (Å²) in [6, 6.07) is 7.66. The minimum absolute atomic E-state index is 0.0741. The molecule has 1 unspecified atom stereocenters. The summed E-state index contributed by atoms with van der Waals surface area (Å²) in [5, 5.41) is 12.9. The molecule has 1 aliphatic carbocycles. The molecule has 4 heteroatoms. The Balaban J connectivity index is 1.87. The third-order valence-corrected chi connectivity index (χ3v) is 4.68. The molecule has 2 N–H and O–H groups in total. The molecule has 1 amide bonds. The molecule has 1 aromatic carbocycles. The van der Waals surface area contributed by atoms with Crippen LogP contribution in [0.2, 0.25) is 0 Å². The highest BCUT2D eigenvalue weighted by Crippen LogP contribution is 2.36. The molecule has 1 aliphatic rings. The fourth-order valence-electron chi connectivity index (χ4n) is 3.17. The van der Waals surface area contributed by atoms with Gasteiger partial charge in [-0.3, -0.25) is 4.79 Å². The van der Waals surface area contributed by atoms with Gasteiger partial charge in [-0.25, -0.2) is 0 Å². The normalized spacial score (nSPS) is 18.2. The summed E-state index contributed by atoms with van der Waals surface area (Å²) in [4.78, 5) is 10.9. The van der Waals surface area contributed by atoms with Crippen molar-refractivity contribution in [1.29, 1.82) is 0 Å². The molecule has 1 saturated carbocycles. The fourth-order valence-corrected chi connectivity index (χ4v) is 3.17. The molecule has 0 aromatic heterocycles. The highest BCUT2D eigenvalue weighted by Gasteiger charge is 2.27. The monoisotopic (exact) mass is 319 g/mol. The molecule has 23 heavy (non-hydrogen) atoms. The van der Waals surface area contributed by atoms with Crippen molar-refractivity contribution in [3.8, 4) is 5.75 Å². The fraction of sp³-hybridized carbons (Fsp3) is 0.632. The average Bonchev–Trinajstić information content (AvgIpc) is 2.54. The number of aliphatic hydroxyl groups is 1. The van der Waals surface area contributed by atoms with Crippen molar-refractivity contribution in [1.82, 2.24) is 5.32 Å². The van der Waals surface area contributed by atoms with E-state index in [2.05, 4.69) is 12.2 Å². The number of hydrogen-bond acceptors (Lipinski definition) is 3. The Hall–Kier alpha value is -1.55. The molecular formula is C19H29NO3. The zero-order valence-electron chi connectivity index (χ0n) is 14.3. The average molecular weight is 319 g/mol. The van der Waals surface area contributed by atoms with Crippen LogP contribution in [0, 0.1) is 5.41 Å². The molecule has 1 fully saturated rings. The van der Waals surface area contributed by atoms with Crippen LogP contribution in [0.3, 0.4) is 0 Å². The number of rotatable bonds is 7. The van der Waals surface area contributed by atoms with Gasteiger partial charge in [0.2, 0.25) is 5.91 Å². The van der Waals surface area contributed by atoms with Crippen LogP contribution in [0.1, 0.15) is 64.0 Å². The highest BCUT2D eigenvalue weighted by atomic mass is 16.5. The maximum atomic E-state index is 10.9. The molecule has 0 saturated heterocycles. The van der Waals surface area contributed by atoms with Crippen LogP contribution in [0.4, 0.5) is 0 Å². The lowest BCUT2D eigenvalue weighted by Crippen LogP contribution is -2.27. The molecule has 0 aliphatic heterocycles. The summed E-state index contributed by atoms with van der Waals surface area (Å²) in [5.74, 6) is 0.739. The lowest BCUT2D eigenvalue weighted by Gasteiger charge is -2.33. The van der Waals surface area contributed by atoms with Crippen molar-refractivity contribution in [3.63, 3.8) is 0 Å². The Morgan fingerprint density at radius 1 is 1.35 bits per heavy atom. The zero-order valence-corrected chi connectivity index (χ0v) is 14.3. The number of nitrogens with one attached hydrogen (secondary N) is 1. The van der Waals surface area contributed by atoms with Crippen LogP contribution in [0.5, 0.6) is 5.75 Å². The lowest BCUT2D eigenvalue weighted by molar-refractivity contribution is -0.119. The van der Waals surface area contributed by atoms with E-state index in [9.17, 15) is 9.90 Å². The van der Waals surface area contributed by atoms with Gasteiger partial charge >= 0.3 is 0 Å². The number of carbonyl (C=O) groups is 1. The standard InChI is InChI=1S/C19H29NO3/c1-15(21)20-12-9-18(22)16-7-6-8-17(13-16)23-14-19(2)10-4-3-5-11-19/h6-8,13,18,22H,3-5,9-12,14H2,1-2H3,(H,20,21). The van der Waals surface area contributed by atoms with Crippen molar-refractivity contribution < 1.29 is 14.6 Å². The predicted molar refractivity (Wildman–Crippen MR) is 91.4 cm³/mol. The molecule has 1 aromatic rings. The topological polar surface area (TPSA) is 58.6 Å². The number of aliphatic hydroxyl groups excluding tert-OH is 1. The summed E-state index contributed by atoms with van der Waals surface area (Å²) < 4.78 is 6.00. The van der Waals surface area contributed by atoms with Gasteiger partial charge in [0, 0.05) is 18.9 Å². The van der Waals surface area contributed by atoms with Gasteiger partial charge in [0.25, 0.3) is 0 Å². The first kappa shape index (κ1) is 17.8. The Bertz CT molecular complexity index is 509. The SMILES string of the molecule is CC(=O)NCCC(O)c1cccc(OCC2(C)CCCCC2)c1. The molecule has 0 heterocycles. The van der Waals surface area contributed by atoms with Gasteiger partial charge in [0.15, 0.2) is 0 Å². The third kappa shape index (κ3) is 5.87. The highest BCUT2D eigenvalue weighted by molar-refractivity contribution is 5.72. The van der Waals surface area contributed by atoms with E-state index in [0.717, 1.165) is 17.9 Å². The second-order valence-electron chi connectivity index (χ2n) is 7.02. The Labute approximate surface area is 139 Å². The van der Waals surface area contributed by atoms with Crippen LogP contribution in [0.25, 0.3) is 0 Å². The molecule has 2 rings (SSSR count). The van der Waals surface area contributed by atoms with E-state index in [1.54, 1.807) is 0 Å². The summed E-state index contributed by atoms with van der Waals surface area (Å²) in [6.45, 7) is 4.99. The van der Waals surface area contributed by atoms with Gasteiger partial charge in [0.05, 0.1) is 12.7 Å². The van der Waals surface area contributed by atoms with Crippen LogP contribution in [-0.4, -0.2) is 24.2 Å². The number of carbonyl (C=O) groups excluding carboxylic acids is 1. The molecule has 1 atom stereocenters. The van der Waals surface area contributed by atoms with E-state index >= 15 is 0 Å². The van der Waals surface area contributed by atoms with E-state index in [4.69, 9.17) is 4.74 Å². The van der Waals surface area contributed by atoms with Crippen LogP contribution in [0.15, 0.2) is 24.3 Å². The summed E-state index contributed by atoms with van der Waals surface area (Å²) in [5.41, 5.74) is 1.11. The Morgan fingerprint density at radius 2 is 2.09 bits per heavy atom. The number of amides is 1. The van der Waals surface area contributed by atoms with Crippen molar-refractivity contribution in [2.45, 2.75) is 58.5 Å². The van der Waals surface area contributed by atoms with Crippen LogP contribution >= 0.6 is 0 Å². The van der Waals surface area contributed by atoms with E-state index in [1.165, 1.54) is 39.0 Å². The van der Waals surface area contributed by atoms with Gasteiger partial charge in [-0.15, -0.1) is 0 Å². The molecular weight excluding hydrogens is 290 g/mol. The zero-order chi connectivity index (χ0) is 16.7. The molecule has 128 valence electrons. The van der Waals surface area contributed by atoms with Gasteiger partial charge in [0.1, 0.15) is 5.75 Å². The van der Waals surface area contributed by atoms with Crippen molar-refractivity contribution in [2.75, 3.05) is 13.2 Å². The second-order valence-corrected chi connectivity index (χ2v) is 7.02. The minimum atomic E-state index is -0.587. The van der Waals surface area contributed by atoms with Gasteiger partial charge in [-0.05, 0) is 37.0 Å². The maximum absolute atomic E-state index is 10.9. The first-order valence-electron chi connectivity index (χ1n) is 8.64. The minimum Gasteiger partial charge on any atom is -0.493 e. The van der Waals surface area contributed by atoms with Crippen molar-refractivity contribution >= 4 is 5.91 Å². The largest absolute Gasteiger partial charge is 0.493 e. The summed E-state index contributed by atoms with van der Waals surface area (Å²) >= 11 is 0. The van der Waals surface area contributed by atoms with Crippen molar-refractivity contribution in [3.05, 3.63) is 29.8 Å². The number of ether oxygens (including phenoxy) is 1. The smallest absolute Gasteiger partial charge is 0.216 e. The van der Waals surface area contributed by atoms with E-state index in [1.807, 2.05) is 24.3 Å². The van der Waals surface area contributed by atoms with Gasteiger partial charge < -0.3 is 15.2 Å². The summed E-state index contributed by atoms with van der Waals surface area (Å²) in [7, 11) is 0. The molecule has 0 radical (unpaired) electrons.